The van der Waals surface area contributed by atoms with Crippen molar-refractivity contribution in [2.45, 2.75) is 45.6 Å². The zero-order chi connectivity index (χ0) is 9.90. The van der Waals surface area contributed by atoms with Gasteiger partial charge >= 0.3 is 0 Å². The first kappa shape index (κ1) is 10.3. The maximum Gasteiger partial charge on any atom is 0.293 e. The lowest BCUT2D eigenvalue weighted by molar-refractivity contribution is -0.145. The highest BCUT2D eigenvalue weighted by Crippen LogP contribution is 2.33. The fourth-order valence-corrected chi connectivity index (χ4v) is 1.82. The van der Waals surface area contributed by atoms with E-state index in [2.05, 4.69) is 13.0 Å². The third kappa shape index (κ3) is 2.58. The van der Waals surface area contributed by atoms with Gasteiger partial charge in [0.2, 0.25) is 0 Å². The van der Waals surface area contributed by atoms with Crippen molar-refractivity contribution < 1.29 is 9.53 Å². The van der Waals surface area contributed by atoms with Crippen molar-refractivity contribution in [3.63, 3.8) is 0 Å². The average Bonchev–Trinajstić information content (AvgIpc) is 2.05. The zero-order valence-corrected chi connectivity index (χ0v) is 8.67. The Morgan fingerprint density at radius 2 is 2.31 bits per heavy atom. The molecule has 0 aliphatic heterocycles. The first-order valence-electron chi connectivity index (χ1n) is 4.83. The molecule has 0 saturated carbocycles. The Bertz CT molecular complexity index is 216. The predicted molar refractivity (Wildman–Crippen MR) is 52.3 cm³/mol. The Hall–Kier alpha value is -0.790. The van der Waals surface area contributed by atoms with Gasteiger partial charge in [0.15, 0.2) is 0 Å². The Morgan fingerprint density at radius 1 is 1.62 bits per heavy atom. The molecule has 0 aromatic rings. The van der Waals surface area contributed by atoms with Crippen LogP contribution in [0.25, 0.3) is 0 Å². The molecule has 0 heterocycles. The van der Waals surface area contributed by atoms with Gasteiger partial charge in [0, 0.05) is 5.92 Å². The largest absolute Gasteiger partial charge is 0.462 e. The van der Waals surface area contributed by atoms with Crippen LogP contribution in [0.4, 0.5) is 0 Å². The molecule has 2 heteroatoms. The lowest BCUT2D eigenvalue weighted by atomic mass is 9.80. The Kier molecular flexibility index (Phi) is 3.12. The van der Waals surface area contributed by atoms with Gasteiger partial charge in [-0.3, -0.25) is 4.79 Å². The van der Waals surface area contributed by atoms with Crippen LogP contribution in [-0.4, -0.2) is 12.1 Å². The summed E-state index contributed by atoms with van der Waals surface area (Å²) in [5, 5.41) is 0. The first-order valence-corrected chi connectivity index (χ1v) is 4.83. The van der Waals surface area contributed by atoms with Crippen LogP contribution in [0.2, 0.25) is 0 Å². The van der Waals surface area contributed by atoms with Crippen molar-refractivity contribution in [1.82, 2.24) is 0 Å². The van der Waals surface area contributed by atoms with Gasteiger partial charge in [-0.25, -0.2) is 0 Å². The number of carbonyl (C=O) groups excluding carboxylic acids is 1. The molecule has 2 nitrogen and oxygen atoms in total. The maximum atomic E-state index is 10.3. The Morgan fingerprint density at radius 3 is 2.77 bits per heavy atom. The van der Waals surface area contributed by atoms with E-state index in [-0.39, 0.29) is 5.60 Å². The summed E-state index contributed by atoms with van der Waals surface area (Å²) in [5.74, 6) is 0.474. The molecule has 0 fully saturated rings. The van der Waals surface area contributed by atoms with E-state index >= 15 is 0 Å². The second-order valence-electron chi connectivity index (χ2n) is 4.34. The van der Waals surface area contributed by atoms with E-state index in [1.807, 2.05) is 13.8 Å². The highest BCUT2D eigenvalue weighted by Gasteiger charge is 2.31. The molecule has 1 unspecified atom stereocenters. The van der Waals surface area contributed by atoms with Crippen molar-refractivity contribution in [1.29, 1.82) is 0 Å². The van der Waals surface area contributed by atoms with E-state index in [1.54, 1.807) is 0 Å². The quantitative estimate of drug-likeness (QED) is 0.495. The van der Waals surface area contributed by atoms with Crippen LogP contribution in [-0.2, 0) is 9.53 Å². The summed E-state index contributed by atoms with van der Waals surface area (Å²) >= 11 is 0. The number of rotatable bonds is 3. The third-order valence-corrected chi connectivity index (χ3v) is 2.97. The highest BCUT2D eigenvalue weighted by atomic mass is 16.5. The molecular weight excluding hydrogens is 164 g/mol. The molecule has 0 radical (unpaired) electrons. The summed E-state index contributed by atoms with van der Waals surface area (Å²) in [6.45, 7) is 6.69. The fraction of sp³-hybridized carbons (Fsp3) is 0.727. The summed E-state index contributed by atoms with van der Waals surface area (Å²) < 4.78 is 5.09. The van der Waals surface area contributed by atoms with Crippen LogP contribution >= 0.6 is 0 Å². The Labute approximate surface area is 80.0 Å². The predicted octanol–water partition coefficient (Wildman–Crippen LogP) is 2.68. The van der Waals surface area contributed by atoms with Crippen LogP contribution in [0, 0.1) is 5.92 Å². The van der Waals surface area contributed by atoms with E-state index < -0.39 is 0 Å². The molecule has 1 atom stereocenters. The molecule has 74 valence electrons. The van der Waals surface area contributed by atoms with Crippen molar-refractivity contribution in [2.75, 3.05) is 0 Å². The van der Waals surface area contributed by atoms with Crippen molar-refractivity contribution in [3.8, 4) is 0 Å². The monoisotopic (exact) mass is 182 g/mol. The number of hydrogen-bond acceptors (Lipinski definition) is 2. The van der Waals surface area contributed by atoms with Crippen LogP contribution in [0.15, 0.2) is 11.6 Å². The van der Waals surface area contributed by atoms with Gasteiger partial charge in [-0.1, -0.05) is 11.6 Å². The van der Waals surface area contributed by atoms with Gasteiger partial charge in [0.05, 0.1) is 0 Å². The van der Waals surface area contributed by atoms with Crippen molar-refractivity contribution in [2.24, 2.45) is 5.92 Å². The van der Waals surface area contributed by atoms with Gasteiger partial charge in [-0.2, -0.15) is 0 Å². The molecule has 0 amide bonds. The standard InChI is InChI=1S/C11H18O2/c1-9-4-6-10(7-5-9)11(2,3)13-8-12/h4,8,10H,5-7H2,1-3H3. The summed E-state index contributed by atoms with van der Waals surface area (Å²) in [7, 11) is 0. The summed E-state index contributed by atoms with van der Waals surface area (Å²) in [6, 6.07) is 0. The van der Waals surface area contributed by atoms with E-state index in [9.17, 15) is 4.79 Å². The third-order valence-electron chi connectivity index (χ3n) is 2.97. The van der Waals surface area contributed by atoms with Gasteiger partial charge in [-0.15, -0.1) is 0 Å². The van der Waals surface area contributed by atoms with Crippen LogP contribution in [0.3, 0.4) is 0 Å². The number of hydrogen-bond donors (Lipinski definition) is 0. The summed E-state index contributed by atoms with van der Waals surface area (Å²) in [5.41, 5.74) is 1.15. The lowest BCUT2D eigenvalue weighted by Gasteiger charge is -2.34. The minimum atomic E-state index is -0.307. The zero-order valence-electron chi connectivity index (χ0n) is 8.67. The fourth-order valence-electron chi connectivity index (χ4n) is 1.82. The molecule has 1 aliphatic carbocycles. The molecule has 0 aromatic heterocycles. The van der Waals surface area contributed by atoms with E-state index in [1.165, 1.54) is 5.57 Å². The second-order valence-corrected chi connectivity index (χ2v) is 4.34. The smallest absolute Gasteiger partial charge is 0.293 e. The summed E-state index contributed by atoms with van der Waals surface area (Å²) in [6.07, 6.45) is 5.55. The van der Waals surface area contributed by atoms with Gasteiger partial charge in [0.1, 0.15) is 5.60 Å². The SMILES string of the molecule is CC1=CCC(C(C)(C)OC=O)CC1. The normalized spacial score (nSPS) is 23.6. The maximum absolute atomic E-state index is 10.3. The highest BCUT2D eigenvalue weighted by molar-refractivity contribution is 5.38. The van der Waals surface area contributed by atoms with Gasteiger partial charge in [0.25, 0.3) is 6.47 Å². The van der Waals surface area contributed by atoms with Crippen molar-refractivity contribution >= 4 is 6.47 Å². The second kappa shape index (κ2) is 3.95. The average molecular weight is 182 g/mol. The minimum absolute atomic E-state index is 0.307. The number of carbonyl (C=O) groups is 1. The molecule has 0 bridgehead atoms. The molecule has 0 spiro atoms. The van der Waals surface area contributed by atoms with Gasteiger partial charge < -0.3 is 4.74 Å². The molecule has 0 saturated heterocycles. The molecular formula is C11H18O2. The van der Waals surface area contributed by atoms with Crippen LogP contribution in [0.5, 0.6) is 0 Å². The molecule has 0 aromatic carbocycles. The topological polar surface area (TPSA) is 26.3 Å². The molecule has 1 aliphatic rings. The minimum Gasteiger partial charge on any atom is -0.462 e. The molecule has 13 heavy (non-hydrogen) atoms. The lowest BCUT2D eigenvalue weighted by Crippen LogP contribution is -2.35. The van der Waals surface area contributed by atoms with Crippen LogP contribution in [0.1, 0.15) is 40.0 Å². The molecule has 1 rings (SSSR count). The first-order chi connectivity index (χ1) is 6.06. The number of ether oxygens (including phenoxy) is 1. The van der Waals surface area contributed by atoms with Gasteiger partial charge in [-0.05, 0) is 40.0 Å². The summed E-state index contributed by atoms with van der Waals surface area (Å²) in [4.78, 5) is 10.3. The molecule has 0 N–H and O–H groups in total. The Balaban J connectivity index is 2.58. The van der Waals surface area contributed by atoms with Crippen molar-refractivity contribution in [3.05, 3.63) is 11.6 Å². The van der Waals surface area contributed by atoms with Crippen LogP contribution < -0.4 is 0 Å². The number of allylic oxidation sites excluding steroid dienone is 2. The van der Waals surface area contributed by atoms with E-state index in [4.69, 9.17) is 4.74 Å². The van der Waals surface area contributed by atoms with E-state index in [0.717, 1.165) is 19.3 Å². The van der Waals surface area contributed by atoms with E-state index in [0.29, 0.717) is 12.4 Å².